The minimum Gasteiger partial charge on any atom is -0.344 e. The van der Waals surface area contributed by atoms with Gasteiger partial charge in [-0.1, -0.05) is 0 Å². The molecule has 1 spiro atoms. The summed E-state index contributed by atoms with van der Waals surface area (Å²) in [5, 5.41) is 2.45. The van der Waals surface area contributed by atoms with E-state index in [1.54, 1.807) is 0 Å². The van der Waals surface area contributed by atoms with Crippen molar-refractivity contribution in [2.75, 3.05) is 26.7 Å². The summed E-state index contributed by atoms with van der Waals surface area (Å²) < 4.78 is 0. The monoisotopic (exact) mass is 199 g/mol. The van der Waals surface area contributed by atoms with Gasteiger partial charge in [-0.05, 0) is 19.9 Å². The Morgan fingerprint density at radius 2 is 1.91 bits per heavy atom. The number of hydrogen-bond donors (Lipinski definition) is 1. The van der Waals surface area contributed by atoms with Gasteiger partial charge >= 0.3 is 0 Å². The molecule has 1 saturated carbocycles. The van der Waals surface area contributed by atoms with Crippen LogP contribution in [0.2, 0.25) is 0 Å². The Labute approximate surface area is 80.5 Å². The lowest BCUT2D eigenvalue weighted by Gasteiger charge is -2.30. The van der Waals surface area contributed by atoms with E-state index in [9.17, 15) is 0 Å². The van der Waals surface area contributed by atoms with Crippen LogP contribution in [-0.4, -0.2) is 37.1 Å². The Kier molecular flexibility index (Phi) is 4.12. The van der Waals surface area contributed by atoms with Gasteiger partial charge in [0.25, 0.3) is 0 Å². The zero-order valence-corrected chi connectivity index (χ0v) is 8.51. The molecule has 1 heterocycles. The van der Waals surface area contributed by atoms with Crippen molar-refractivity contribution in [1.29, 1.82) is 0 Å². The molecule has 0 aromatic heterocycles. The van der Waals surface area contributed by atoms with E-state index in [1.165, 1.54) is 32.5 Å². The molecule has 0 unspecified atom stereocenters. The van der Waals surface area contributed by atoms with E-state index < -0.39 is 0 Å². The number of nitrogens with two attached hydrogens (primary N) is 1. The number of quaternary nitrogens is 1. The summed E-state index contributed by atoms with van der Waals surface area (Å²) >= 11 is 0. The molecule has 0 aromatic rings. The predicted octanol–water partition coefficient (Wildman–Crippen LogP) is -0.129. The van der Waals surface area contributed by atoms with Gasteiger partial charge in [0.2, 0.25) is 0 Å². The van der Waals surface area contributed by atoms with E-state index in [0.717, 1.165) is 0 Å². The second-order valence-electron chi connectivity index (χ2n) is 3.43. The van der Waals surface area contributed by atoms with Crippen LogP contribution in [0.5, 0.6) is 0 Å². The Balaban J connectivity index is 0.000000500. The van der Waals surface area contributed by atoms with Gasteiger partial charge in [-0.3, -0.25) is 4.90 Å². The number of halogens is 2. The number of likely N-dealkylation sites (N-methyl/N-ethyl adjacent to an activating group) is 1. The molecule has 2 fully saturated rings. The van der Waals surface area contributed by atoms with Crippen LogP contribution in [0.1, 0.15) is 12.8 Å². The first-order chi connectivity index (χ1) is 4.33. The largest absolute Gasteiger partial charge is 0.344 e. The molecule has 2 aliphatic rings. The second-order valence-corrected chi connectivity index (χ2v) is 3.43. The predicted molar refractivity (Wildman–Crippen MR) is 50.8 cm³/mol. The van der Waals surface area contributed by atoms with E-state index in [-0.39, 0.29) is 24.8 Å². The average molecular weight is 200 g/mol. The van der Waals surface area contributed by atoms with Crippen molar-refractivity contribution in [3.8, 4) is 0 Å². The van der Waals surface area contributed by atoms with Crippen molar-refractivity contribution >= 4 is 24.8 Å². The van der Waals surface area contributed by atoms with Crippen LogP contribution in [-0.2, 0) is 0 Å². The molecule has 0 bridgehead atoms. The van der Waals surface area contributed by atoms with E-state index >= 15 is 0 Å². The summed E-state index contributed by atoms with van der Waals surface area (Å²) in [4.78, 5) is 2.53. The van der Waals surface area contributed by atoms with Crippen molar-refractivity contribution in [1.82, 2.24) is 4.90 Å². The standard InChI is InChI=1S/C7H14N2.2ClH/c1-9-5-4-8-6-7(9)2-3-7;;/h8H,2-6H2,1H3;2*1H/p+1. The van der Waals surface area contributed by atoms with Crippen LogP contribution in [0.15, 0.2) is 0 Å². The van der Waals surface area contributed by atoms with Gasteiger partial charge in [-0.15, -0.1) is 24.8 Å². The molecule has 1 aliphatic heterocycles. The van der Waals surface area contributed by atoms with Crippen molar-refractivity contribution in [3.05, 3.63) is 0 Å². The summed E-state index contributed by atoms with van der Waals surface area (Å²) in [6.45, 7) is 3.95. The van der Waals surface area contributed by atoms with Crippen LogP contribution < -0.4 is 5.32 Å². The van der Waals surface area contributed by atoms with E-state index in [0.29, 0.717) is 5.54 Å². The third-order valence-corrected chi connectivity index (χ3v) is 2.83. The Hall–Kier alpha value is 0.500. The molecule has 0 aromatic carbocycles. The van der Waals surface area contributed by atoms with Crippen LogP contribution in [0.25, 0.3) is 0 Å². The summed E-state index contributed by atoms with van der Waals surface area (Å²) in [5.74, 6) is 0. The first-order valence-corrected chi connectivity index (χ1v) is 3.86. The smallest absolute Gasteiger partial charge is 0.0942 e. The fraction of sp³-hybridized carbons (Fsp3) is 1.00. The molecule has 2 N–H and O–H groups in total. The Bertz CT molecular complexity index is 126. The molecule has 0 amide bonds. The minimum absolute atomic E-state index is 0. The Morgan fingerprint density at radius 3 is 2.27 bits per heavy atom. The maximum atomic E-state index is 2.53. The highest BCUT2D eigenvalue weighted by Gasteiger charge is 2.49. The van der Waals surface area contributed by atoms with E-state index in [1.807, 2.05) is 0 Å². The molecule has 1 saturated heterocycles. The lowest BCUT2D eigenvalue weighted by molar-refractivity contribution is -0.671. The van der Waals surface area contributed by atoms with Gasteiger partial charge in [-0.2, -0.15) is 0 Å². The molecule has 2 nitrogen and oxygen atoms in total. The quantitative estimate of drug-likeness (QED) is 0.577. The summed E-state index contributed by atoms with van der Waals surface area (Å²) in [6.07, 6.45) is 2.89. The number of piperazine rings is 1. The molecular formula is C7H17Cl2N2+. The van der Waals surface area contributed by atoms with Crippen molar-refractivity contribution in [2.45, 2.75) is 18.4 Å². The first-order valence-electron chi connectivity index (χ1n) is 3.86. The third kappa shape index (κ3) is 2.00. The van der Waals surface area contributed by atoms with Crippen molar-refractivity contribution in [3.63, 3.8) is 0 Å². The molecule has 2 rings (SSSR count). The normalized spacial score (nSPS) is 27.0. The van der Waals surface area contributed by atoms with Crippen molar-refractivity contribution < 1.29 is 5.32 Å². The average Bonchev–Trinajstić information content (AvgIpc) is 2.60. The lowest BCUT2D eigenvalue weighted by Crippen LogP contribution is -2.92. The van der Waals surface area contributed by atoms with E-state index in [4.69, 9.17) is 0 Å². The fourth-order valence-electron chi connectivity index (χ4n) is 1.78. The maximum absolute atomic E-state index is 2.53. The van der Waals surface area contributed by atoms with Crippen LogP contribution in [0.3, 0.4) is 0 Å². The zero-order chi connectivity index (χ0) is 6.32. The highest BCUT2D eigenvalue weighted by molar-refractivity contribution is 5.85. The first kappa shape index (κ1) is 11.5. The highest BCUT2D eigenvalue weighted by atomic mass is 35.5. The molecular weight excluding hydrogens is 183 g/mol. The van der Waals surface area contributed by atoms with Crippen LogP contribution in [0, 0.1) is 0 Å². The minimum atomic E-state index is 0. The number of nitrogens with zero attached hydrogens (tertiary/aromatic N) is 1. The molecule has 11 heavy (non-hydrogen) atoms. The SMILES string of the molecule is CN1CC[NH2+]CC12CC2.Cl.Cl. The topological polar surface area (TPSA) is 19.9 Å². The Morgan fingerprint density at radius 1 is 1.27 bits per heavy atom. The highest BCUT2D eigenvalue weighted by Crippen LogP contribution is 2.39. The lowest BCUT2D eigenvalue weighted by atomic mass is 10.2. The maximum Gasteiger partial charge on any atom is 0.0942 e. The van der Waals surface area contributed by atoms with Gasteiger partial charge in [0.15, 0.2) is 0 Å². The van der Waals surface area contributed by atoms with Gasteiger partial charge < -0.3 is 5.32 Å². The number of rotatable bonds is 0. The van der Waals surface area contributed by atoms with Crippen LogP contribution >= 0.6 is 24.8 Å². The van der Waals surface area contributed by atoms with Gasteiger partial charge in [0.05, 0.1) is 18.6 Å². The molecule has 1 aliphatic carbocycles. The van der Waals surface area contributed by atoms with Gasteiger partial charge in [-0.25, -0.2) is 0 Å². The fourth-order valence-corrected chi connectivity index (χ4v) is 1.78. The third-order valence-electron chi connectivity index (χ3n) is 2.83. The second kappa shape index (κ2) is 3.94. The van der Waals surface area contributed by atoms with Crippen LogP contribution in [0.4, 0.5) is 0 Å². The molecule has 0 radical (unpaired) electrons. The van der Waals surface area contributed by atoms with E-state index in [2.05, 4.69) is 17.3 Å². The number of hydrogen-bond acceptors (Lipinski definition) is 1. The summed E-state index contributed by atoms with van der Waals surface area (Å²) in [5.41, 5.74) is 0.665. The summed E-state index contributed by atoms with van der Waals surface area (Å²) in [6, 6.07) is 0. The molecule has 4 heteroatoms. The molecule has 0 atom stereocenters. The van der Waals surface area contributed by atoms with Crippen molar-refractivity contribution in [2.24, 2.45) is 0 Å². The summed E-state index contributed by atoms with van der Waals surface area (Å²) in [7, 11) is 2.26. The molecule has 68 valence electrons. The van der Waals surface area contributed by atoms with Gasteiger partial charge in [0.1, 0.15) is 0 Å². The zero-order valence-electron chi connectivity index (χ0n) is 6.88. The van der Waals surface area contributed by atoms with Gasteiger partial charge in [0, 0.05) is 6.54 Å².